The second kappa shape index (κ2) is 7.53. The van der Waals surface area contributed by atoms with Crippen LogP contribution in [-0.2, 0) is 14.8 Å². The summed E-state index contributed by atoms with van der Waals surface area (Å²) in [7, 11) is -3.64. The van der Waals surface area contributed by atoms with Gasteiger partial charge in [-0.25, -0.2) is 13.1 Å². The maximum Gasteiger partial charge on any atom is 0.251 e. The molecule has 2 rings (SSSR count). The maximum absolute atomic E-state index is 12.2. The average Bonchev–Trinajstić information content (AvgIpc) is 2.54. The van der Waals surface area contributed by atoms with E-state index in [4.69, 9.17) is 4.74 Å². The van der Waals surface area contributed by atoms with Crippen LogP contribution in [0.1, 0.15) is 23.2 Å². The van der Waals surface area contributed by atoms with Gasteiger partial charge in [0, 0.05) is 18.7 Å². The van der Waals surface area contributed by atoms with Gasteiger partial charge in [-0.05, 0) is 31.0 Å². The molecular weight excluding hydrogens is 304 g/mol. The van der Waals surface area contributed by atoms with Gasteiger partial charge >= 0.3 is 0 Å². The molecule has 0 radical (unpaired) electrons. The topological polar surface area (TPSA) is 84.5 Å². The van der Waals surface area contributed by atoms with Crippen molar-refractivity contribution in [1.29, 1.82) is 0 Å². The smallest absolute Gasteiger partial charge is 0.251 e. The number of carbonyl (C=O) groups is 1. The van der Waals surface area contributed by atoms with Crippen molar-refractivity contribution in [3.8, 4) is 0 Å². The zero-order valence-corrected chi connectivity index (χ0v) is 13.1. The zero-order valence-electron chi connectivity index (χ0n) is 12.2. The largest absolute Gasteiger partial charge is 0.379 e. The van der Waals surface area contributed by atoms with Gasteiger partial charge < -0.3 is 10.1 Å². The number of benzene rings is 1. The van der Waals surface area contributed by atoms with Gasteiger partial charge in [0.05, 0.1) is 17.5 Å². The number of amides is 1. The molecule has 1 aliphatic rings. The second-order valence-electron chi connectivity index (χ2n) is 5.06. The fourth-order valence-electron chi connectivity index (χ4n) is 2.18. The molecule has 0 spiro atoms. The van der Waals surface area contributed by atoms with Crippen LogP contribution in [0.2, 0.25) is 0 Å². The van der Waals surface area contributed by atoms with Gasteiger partial charge in [0.25, 0.3) is 5.91 Å². The summed E-state index contributed by atoms with van der Waals surface area (Å²) < 4.78 is 31.8. The summed E-state index contributed by atoms with van der Waals surface area (Å²) in [5.74, 6) is -0.295. The lowest BCUT2D eigenvalue weighted by atomic mass is 10.1. The van der Waals surface area contributed by atoms with Crippen molar-refractivity contribution in [3.05, 3.63) is 42.5 Å². The van der Waals surface area contributed by atoms with Gasteiger partial charge in [-0.1, -0.05) is 12.1 Å². The van der Waals surface area contributed by atoms with Crippen LogP contribution >= 0.6 is 0 Å². The van der Waals surface area contributed by atoms with Gasteiger partial charge in [0.2, 0.25) is 10.0 Å². The molecule has 1 aromatic carbocycles. The number of nitrogens with one attached hydrogen (secondary N) is 2. The molecule has 2 N–H and O–H groups in total. The molecule has 22 heavy (non-hydrogen) atoms. The first-order chi connectivity index (χ1) is 10.5. The van der Waals surface area contributed by atoms with Gasteiger partial charge in [0.15, 0.2) is 0 Å². The van der Waals surface area contributed by atoms with Crippen molar-refractivity contribution in [2.45, 2.75) is 23.8 Å². The summed E-state index contributed by atoms with van der Waals surface area (Å²) in [4.78, 5) is 12.3. The minimum atomic E-state index is -3.64. The van der Waals surface area contributed by atoms with E-state index < -0.39 is 10.0 Å². The Morgan fingerprint density at radius 2 is 2.27 bits per heavy atom. The molecule has 0 saturated carbocycles. The van der Waals surface area contributed by atoms with Gasteiger partial charge in [-0.2, -0.15) is 0 Å². The van der Waals surface area contributed by atoms with E-state index in [9.17, 15) is 13.2 Å². The van der Waals surface area contributed by atoms with E-state index in [1.165, 1.54) is 18.2 Å². The van der Waals surface area contributed by atoms with Crippen molar-refractivity contribution in [2.24, 2.45) is 0 Å². The minimum absolute atomic E-state index is 0.0274. The van der Waals surface area contributed by atoms with E-state index in [1.54, 1.807) is 12.1 Å². The van der Waals surface area contributed by atoms with Crippen LogP contribution in [0, 0.1) is 0 Å². The second-order valence-corrected chi connectivity index (χ2v) is 6.82. The molecule has 7 heteroatoms. The summed E-state index contributed by atoms with van der Waals surface area (Å²) in [6.45, 7) is 4.81. The van der Waals surface area contributed by atoms with Crippen LogP contribution in [-0.4, -0.2) is 40.1 Å². The Labute approximate surface area is 130 Å². The molecule has 120 valence electrons. The summed E-state index contributed by atoms with van der Waals surface area (Å²) in [6, 6.07) is 5.93. The summed E-state index contributed by atoms with van der Waals surface area (Å²) >= 11 is 0. The number of rotatable bonds is 6. The fraction of sp³-hybridized carbons (Fsp3) is 0.400. The van der Waals surface area contributed by atoms with Gasteiger partial charge in [-0.15, -0.1) is 6.58 Å². The highest BCUT2D eigenvalue weighted by atomic mass is 32.2. The molecule has 6 nitrogen and oxygen atoms in total. The molecule has 0 aliphatic carbocycles. The molecular formula is C15H20N2O4S. The van der Waals surface area contributed by atoms with E-state index in [0.717, 1.165) is 19.4 Å². The molecule has 1 heterocycles. The zero-order chi connectivity index (χ0) is 16.0. The Bertz CT molecular complexity index is 637. The Morgan fingerprint density at radius 3 is 2.95 bits per heavy atom. The molecule has 1 aliphatic heterocycles. The first kappa shape index (κ1) is 16.7. The van der Waals surface area contributed by atoms with Crippen molar-refractivity contribution in [3.63, 3.8) is 0 Å². The van der Waals surface area contributed by atoms with Gasteiger partial charge in [0.1, 0.15) is 0 Å². The third-order valence-electron chi connectivity index (χ3n) is 3.32. The molecule has 0 aromatic heterocycles. The maximum atomic E-state index is 12.2. The summed E-state index contributed by atoms with van der Waals surface area (Å²) in [6.07, 6.45) is 3.23. The lowest BCUT2D eigenvalue weighted by Gasteiger charge is -2.23. The van der Waals surface area contributed by atoms with Gasteiger partial charge in [-0.3, -0.25) is 4.79 Å². The van der Waals surface area contributed by atoms with Crippen LogP contribution in [0.5, 0.6) is 0 Å². The highest BCUT2D eigenvalue weighted by Crippen LogP contribution is 2.13. The summed E-state index contributed by atoms with van der Waals surface area (Å²) in [5.41, 5.74) is 0.312. The molecule has 1 fully saturated rings. The molecule has 1 aromatic rings. The quantitative estimate of drug-likeness (QED) is 0.766. The fourth-order valence-corrected chi connectivity index (χ4v) is 3.22. The van der Waals surface area contributed by atoms with E-state index in [2.05, 4.69) is 16.6 Å². The Balaban J connectivity index is 2.10. The first-order valence-corrected chi connectivity index (χ1v) is 8.60. The van der Waals surface area contributed by atoms with Crippen molar-refractivity contribution in [2.75, 3.05) is 19.8 Å². The predicted octanol–water partition coefficient (Wildman–Crippen LogP) is 1.06. The van der Waals surface area contributed by atoms with Crippen LogP contribution in [0.15, 0.2) is 41.8 Å². The van der Waals surface area contributed by atoms with E-state index >= 15 is 0 Å². The van der Waals surface area contributed by atoms with Crippen LogP contribution in [0.4, 0.5) is 0 Å². The molecule has 1 saturated heterocycles. The van der Waals surface area contributed by atoms with E-state index in [0.29, 0.717) is 12.2 Å². The van der Waals surface area contributed by atoms with Crippen molar-refractivity contribution >= 4 is 15.9 Å². The Hall–Kier alpha value is -1.70. The number of ether oxygens (including phenoxy) is 1. The first-order valence-electron chi connectivity index (χ1n) is 7.12. The molecule has 0 bridgehead atoms. The highest BCUT2D eigenvalue weighted by Gasteiger charge is 2.19. The van der Waals surface area contributed by atoms with Crippen molar-refractivity contribution < 1.29 is 17.9 Å². The van der Waals surface area contributed by atoms with E-state index in [-0.39, 0.29) is 23.4 Å². The molecule has 1 unspecified atom stereocenters. The third-order valence-corrected chi connectivity index (χ3v) is 4.74. The average molecular weight is 324 g/mol. The summed E-state index contributed by atoms with van der Waals surface area (Å²) in [5, 5.41) is 2.86. The predicted molar refractivity (Wildman–Crippen MR) is 83.1 cm³/mol. The highest BCUT2D eigenvalue weighted by molar-refractivity contribution is 7.89. The lowest BCUT2D eigenvalue weighted by Crippen LogP contribution is -2.40. The minimum Gasteiger partial charge on any atom is -0.379 e. The van der Waals surface area contributed by atoms with Crippen LogP contribution in [0.3, 0.4) is 0 Å². The Morgan fingerprint density at radius 1 is 1.45 bits per heavy atom. The van der Waals surface area contributed by atoms with E-state index in [1.807, 2.05) is 0 Å². The molecule has 1 amide bonds. The standard InChI is InChI=1S/C15H20N2O4S/c1-2-8-16-22(19,20)14-7-3-5-12(10-14)15(18)17-13-6-4-9-21-11-13/h2-3,5,7,10,13,16H,1,4,6,8-9,11H2,(H,17,18). The number of sulfonamides is 1. The number of hydrogen-bond donors (Lipinski definition) is 2. The lowest BCUT2D eigenvalue weighted by molar-refractivity contribution is 0.0624. The van der Waals surface area contributed by atoms with Crippen molar-refractivity contribution in [1.82, 2.24) is 10.0 Å². The third kappa shape index (κ3) is 4.40. The monoisotopic (exact) mass is 324 g/mol. The normalized spacial score (nSPS) is 18.6. The molecule has 1 atom stereocenters. The number of hydrogen-bond acceptors (Lipinski definition) is 4. The van der Waals surface area contributed by atoms with Crippen LogP contribution in [0.25, 0.3) is 0 Å². The van der Waals surface area contributed by atoms with Crippen LogP contribution < -0.4 is 10.0 Å². The Kier molecular flexibility index (Phi) is 5.70. The SMILES string of the molecule is C=CCNS(=O)(=O)c1cccc(C(=O)NC2CCCOC2)c1. The number of carbonyl (C=O) groups excluding carboxylic acids is 1.